The van der Waals surface area contributed by atoms with Gasteiger partial charge in [0.1, 0.15) is 0 Å². The molecule has 0 radical (unpaired) electrons. The van der Waals surface area contributed by atoms with Crippen LogP contribution in [0.4, 0.5) is 0 Å². The Labute approximate surface area is 103 Å². The van der Waals surface area contributed by atoms with Gasteiger partial charge < -0.3 is 0 Å². The first-order chi connectivity index (χ1) is 8.40. The van der Waals surface area contributed by atoms with E-state index in [-0.39, 0.29) is 0 Å². The maximum atomic E-state index is 2.16. The molecule has 0 bridgehead atoms. The van der Waals surface area contributed by atoms with Gasteiger partial charge in [-0.3, -0.25) is 0 Å². The predicted molar refractivity (Wildman–Crippen MR) is 75.7 cm³/mol. The maximum Gasteiger partial charge on any atom is -0.0184 e. The van der Waals surface area contributed by atoms with Gasteiger partial charge in [-0.25, -0.2) is 0 Å². The zero-order valence-electron chi connectivity index (χ0n) is 10.0. The van der Waals surface area contributed by atoms with Crippen LogP contribution in [0.5, 0.6) is 0 Å². The van der Waals surface area contributed by atoms with Crippen molar-refractivity contribution in [1.29, 1.82) is 0 Å². The normalized spacial score (nSPS) is 11.4. The van der Waals surface area contributed by atoms with Gasteiger partial charge in [0.05, 0.1) is 0 Å². The lowest BCUT2D eigenvalue weighted by atomic mass is 10.0. The predicted octanol–water partition coefficient (Wildman–Crippen LogP) is 4.94. The summed E-state index contributed by atoms with van der Waals surface area (Å²) in [7, 11) is 0. The summed E-state index contributed by atoms with van der Waals surface area (Å²) in [4.78, 5) is 0. The third-order valence-corrected chi connectivity index (χ3v) is 2.61. The number of hydrogen-bond acceptors (Lipinski definition) is 0. The molecule has 2 aromatic rings. The van der Waals surface area contributed by atoms with E-state index in [2.05, 4.69) is 60.7 Å². The van der Waals surface area contributed by atoms with E-state index in [0.717, 1.165) is 0 Å². The van der Waals surface area contributed by atoms with E-state index in [4.69, 9.17) is 0 Å². The second-order valence-electron chi connectivity index (χ2n) is 3.87. The van der Waals surface area contributed by atoms with Crippen molar-refractivity contribution in [2.45, 2.75) is 6.92 Å². The first-order valence-corrected chi connectivity index (χ1v) is 5.85. The molecular formula is C17H16. The van der Waals surface area contributed by atoms with Crippen LogP contribution in [0.3, 0.4) is 0 Å². The molecule has 0 aliphatic carbocycles. The van der Waals surface area contributed by atoms with E-state index >= 15 is 0 Å². The minimum absolute atomic E-state index is 1.22. The summed E-state index contributed by atoms with van der Waals surface area (Å²) in [6.45, 7) is 2.02. The number of benzene rings is 2. The molecule has 0 atom stereocenters. The lowest BCUT2D eigenvalue weighted by Gasteiger charge is -2.01. The average molecular weight is 220 g/mol. The van der Waals surface area contributed by atoms with Gasteiger partial charge in [0.15, 0.2) is 0 Å². The lowest BCUT2D eigenvalue weighted by Crippen LogP contribution is -1.77. The summed E-state index contributed by atoms with van der Waals surface area (Å²) in [6.07, 6.45) is 8.21. The van der Waals surface area contributed by atoms with Crippen LogP contribution >= 0.6 is 0 Å². The van der Waals surface area contributed by atoms with Gasteiger partial charge in [-0.15, -0.1) is 0 Å². The summed E-state index contributed by atoms with van der Waals surface area (Å²) in [5, 5.41) is 0. The topological polar surface area (TPSA) is 0 Å². The van der Waals surface area contributed by atoms with Crippen LogP contribution in [0, 0.1) is 0 Å². The van der Waals surface area contributed by atoms with Gasteiger partial charge in [0.25, 0.3) is 0 Å². The highest BCUT2D eigenvalue weighted by Gasteiger charge is 1.94. The highest BCUT2D eigenvalue weighted by Crippen LogP contribution is 2.19. The van der Waals surface area contributed by atoms with Crippen molar-refractivity contribution in [3.05, 3.63) is 78.4 Å². The fraction of sp³-hybridized carbons (Fsp3) is 0.0588. The van der Waals surface area contributed by atoms with Gasteiger partial charge in [-0.05, 0) is 23.6 Å². The van der Waals surface area contributed by atoms with Gasteiger partial charge >= 0.3 is 0 Å². The lowest BCUT2D eigenvalue weighted by molar-refractivity contribution is 1.60. The number of hydrogen-bond donors (Lipinski definition) is 0. The van der Waals surface area contributed by atoms with E-state index in [1.165, 1.54) is 16.7 Å². The Morgan fingerprint density at radius 2 is 1.35 bits per heavy atom. The van der Waals surface area contributed by atoms with E-state index in [9.17, 15) is 0 Å². The molecule has 0 aliphatic heterocycles. The molecule has 0 heteroatoms. The molecule has 0 saturated carbocycles. The zero-order chi connectivity index (χ0) is 11.9. The van der Waals surface area contributed by atoms with Crippen LogP contribution in [0.25, 0.3) is 17.2 Å². The molecule has 84 valence electrons. The monoisotopic (exact) mass is 220 g/mol. The molecule has 17 heavy (non-hydrogen) atoms. The molecule has 0 aromatic heterocycles. The number of rotatable bonds is 3. The molecule has 2 rings (SSSR count). The maximum absolute atomic E-state index is 2.16. The number of allylic oxidation sites excluding steroid dienone is 3. The van der Waals surface area contributed by atoms with E-state index in [1.54, 1.807) is 0 Å². The first kappa shape index (κ1) is 11.4. The quantitative estimate of drug-likeness (QED) is 0.642. The van der Waals surface area contributed by atoms with Crippen molar-refractivity contribution in [2.75, 3.05) is 0 Å². The zero-order valence-corrected chi connectivity index (χ0v) is 10.0. The molecule has 0 nitrogen and oxygen atoms in total. The Balaban J connectivity index is 2.19. The van der Waals surface area contributed by atoms with Crippen LogP contribution in [0.1, 0.15) is 12.5 Å². The van der Waals surface area contributed by atoms with Crippen molar-refractivity contribution < 1.29 is 0 Å². The molecule has 0 aliphatic rings. The highest BCUT2D eigenvalue weighted by atomic mass is 14.0. The average Bonchev–Trinajstić information content (AvgIpc) is 2.41. The van der Waals surface area contributed by atoms with Gasteiger partial charge in [0.2, 0.25) is 0 Å². The Kier molecular flexibility index (Phi) is 3.93. The SMILES string of the molecule is CC=CC=Cc1ccc(-c2ccccc2)cc1. The minimum Gasteiger partial charge on any atom is -0.0877 e. The summed E-state index contributed by atoms with van der Waals surface area (Å²) >= 11 is 0. The largest absolute Gasteiger partial charge is 0.0877 e. The molecule has 0 saturated heterocycles. The van der Waals surface area contributed by atoms with Crippen LogP contribution in [-0.4, -0.2) is 0 Å². The van der Waals surface area contributed by atoms with Gasteiger partial charge in [-0.1, -0.05) is 78.9 Å². The van der Waals surface area contributed by atoms with E-state index in [0.29, 0.717) is 0 Å². The van der Waals surface area contributed by atoms with Crippen molar-refractivity contribution in [1.82, 2.24) is 0 Å². The molecule has 0 N–H and O–H groups in total. The van der Waals surface area contributed by atoms with Gasteiger partial charge in [0, 0.05) is 0 Å². The molecule has 0 spiro atoms. The van der Waals surface area contributed by atoms with Crippen LogP contribution < -0.4 is 0 Å². The Bertz CT molecular complexity index is 501. The summed E-state index contributed by atoms with van der Waals surface area (Å²) in [5.41, 5.74) is 3.74. The van der Waals surface area contributed by atoms with Crippen molar-refractivity contribution >= 4 is 6.08 Å². The van der Waals surface area contributed by atoms with Crippen LogP contribution in [0.15, 0.2) is 72.8 Å². The first-order valence-electron chi connectivity index (χ1n) is 5.85. The Morgan fingerprint density at radius 1 is 0.706 bits per heavy atom. The fourth-order valence-corrected chi connectivity index (χ4v) is 1.70. The van der Waals surface area contributed by atoms with Crippen LogP contribution in [-0.2, 0) is 0 Å². The van der Waals surface area contributed by atoms with Crippen LogP contribution in [0.2, 0.25) is 0 Å². The van der Waals surface area contributed by atoms with E-state index < -0.39 is 0 Å². The highest BCUT2D eigenvalue weighted by molar-refractivity contribution is 5.65. The van der Waals surface area contributed by atoms with Gasteiger partial charge in [-0.2, -0.15) is 0 Å². The van der Waals surface area contributed by atoms with E-state index in [1.807, 2.05) is 25.1 Å². The third kappa shape index (κ3) is 3.18. The summed E-state index contributed by atoms with van der Waals surface area (Å²) in [5.74, 6) is 0. The Morgan fingerprint density at radius 3 is 2.00 bits per heavy atom. The Hall–Kier alpha value is -2.08. The smallest absolute Gasteiger partial charge is 0.0184 e. The molecule has 2 aromatic carbocycles. The second-order valence-corrected chi connectivity index (χ2v) is 3.87. The third-order valence-electron chi connectivity index (χ3n) is 2.61. The summed E-state index contributed by atoms with van der Waals surface area (Å²) in [6, 6.07) is 19.0. The molecule has 0 fully saturated rings. The molecule has 0 unspecified atom stereocenters. The van der Waals surface area contributed by atoms with Crippen molar-refractivity contribution in [3.63, 3.8) is 0 Å². The fourth-order valence-electron chi connectivity index (χ4n) is 1.70. The van der Waals surface area contributed by atoms with Crippen molar-refractivity contribution in [3.8, 4) is 11.1 Å². The molecule has 0 amide bonds. The summed E-state index contributed by atoms with van der Waals surface area (Å²) < 4.78 is 0. The molecular weight excluding hydrogens is 204 g/mol. The van der Waals surface area contributed by atoms with Crippen molar-refractivity contribution in [2.24, 2.45) is 0 Å². The standard InChI is InChI=1S/C17H16/c1-2-3-5-8-15-11-13-17(14-12-15)16-9-6-4-7-10-16/h2-14H,1H3. The minimum atomic E-state index is 1.22. The molecule has 0 heterocycles. The second kappa shape index (κ2) is 5.86.